The van der Waals surface area contributed by atoms with E-state index < -0.39 is 6.04 Å². The number of nitrogens with zero attached hydrogens (tertiary/aromatic N) is 1. The molecule has 4 rings (SSSR count). The molecule has 0 spiro atoms. The van der Waals surface area contributed by atoms with Gasteiger partial charge < -0.3 is 19.7 Å². The number of carbonyl (C=O) groups is 3. The van der Waals surface area contributed by atoms with Gasteiger partial charge in [-0.25, -0.2) is 0 Å². The van der Waals surface area contributed by atoms with Gasteiger partial charge in [-0.1, -0.05) is 44.2 Å². The topological polar surface area (TPSA) is 84.9 Å². The quantitative estimate of drug-likeness (QED) is 0.636. The number of nitrogens with one attached hydrogen (secondary N) is 1. The first-order valence-electron chi connectivity index (χ1n) is 12.0. The number of ether oxygens (including phenoxy) is 2. The highest BCUT2D eigenvalue weighted by atomic mass is 16.6. The van der Waals surface area contributed by atoms with Gasteiger partial charge in [0.15, 0.2) is 17.3 Å². The van der Waals surface area contributed by atoms with Crippen LogP contribution in [0.15, 0.2) is 48.5 Å². The van der Waals surface area contributed by atoms with Gasteiger partial charge >= 0.3 is 0 Å². The zero-order chi connectivity index (χ0) is 24.1. The second kappa shape index (κ2) is 10.7. The van der Waals surface area contributed by atoms with Gasteiger partial charge in [0.05, 0.1) is 6.42 Å². The smallest absolute Gasteiger partial charge is 0.245 e. The van der Waals surface area contributed by atoms with Crippen molar-refractivity contribution in [3.63, 3.8) is 0 Å². The van der Waals surface area contributed by atoms with E-state index in [2.05, 4.69) is 5.32 Å². The van der Waals surface area contributed by atoms with Crippen molar-refractivity contribution in [3.8, 4) is 11.5 Å². The maximum Gasteiger partial charge on any atom is 0.245 e. The van der Waals surface area contributed by atoms with Gasteiger partial charge in [0.2, 0.25) is 11.8 Å². The lowest BCUT2D eigenvalue weighted by atomic mass is 9.88. The second-order valence-corrected chi connectivity index (χ2v) is 9.27. The van der Waals surface area contributed by atoms with E-state index in [4.69, 9.17) is 9.47 Å². The van der Waals surface area contributed by atoms with Crippen molar-refractivity contribution in [1.29, 1.82) is 0 Å². The fourth-order valence-corrected chi connectivity index (χ4v) is 4.51. The molecule has 0 bridgehead atoms. The number of hydrogen-bond donors (Lipinski definition) is 1. The van der Waals surface area contributed by atoms with Crippen LogP contribution in [0.4, 0.5) is 0 Å². The minimum absolute atomic E-state index is 0.0377. The number of fused-ring (bicyclic) bond motifs is 1. The van der Waals surface area contributed by atoms with Crippen molar-refractivity contribution < 1.29 is 23.9 Å². The van der Waals surface area contributed by atoms with Crippen LogP contribution in [0.1, 0.15) is 42.6 Å². The monoisotopic (exact) mass is 464 g/mol. The molecular weight excluding hydrogens is 432 g/mol. The first kappa shape index (κ1) is 23.8. The highest BCUT2D eigenvalue weighted by Crippen LogP contribution is 2.32. The van der Waals surface area contributed by atoms with Gasteiger partial charge in [-0.15, -0.1) is 0 Å². The number of ketones is 1. The average Bonchev–Trinajstić information content (AvgIpc) is 2.86. The lowest BCUT2D eigenvalue weighted by Crippen LogP contribution is -2.53. The summed E-state index contributed by atoms with van der Waals surface area (Å²) in [6.07, 6.45) is 1.44. The molecule has 7 heteroatoms. The third-order valence-corrected chi connectivity index (χ3v) is 6.46. The largest absolute Gasteiger partial charge is 0.486 e. The normalized spacial score (nSPS) is 16.7. The van der Waals surface area contributed by atoms with Gasteiger partial charge in [-0.05, 0) is 42.5 Å². The number of piperidine rings is 1. The average molecular weight is 465 g/mol. The molecule has 0 saturated carbocycles. The second-order valence-electron chi connectivity index (χ2n) is 9.27. The highest BCUT2D eigenvalue weighted by molar-refractivity contribution is 5.98. The van der Waals surface area contributed by atoms with Crippen molar-refractivity contribution in [1.82, 2.24) is 10.2 Å². The molecule has 2 aliphatic rings. The third kappa shape index (κ3) is 5.58. The van der Waals surface area contributed by atoms with Crippen LogP contribution in [-0.4, -0.2) is 54.8 Å². The summed E-state index contributed by atoms with van der Waals surface area (Å²) in [5, 5.41) is 2.93. The number of rotatable bonds is 7. The molecule has 2 aromatic carbocycles. The number of carbonyl (C=O) groups excluding carboxylic acids is 3. The zero-order valence-corrected chi connectivity index (χ0v) is 19.8. The summed E-state index contributed by atoms with van der Waals surface area (Å²) in [6.45, 7) is 5.85. The Morgan fingerprint density at radius 3 is 2.32 bits per heavy atom. The maximum absolute atomic E-state index is 13.2. The Morgan fingerprint density at radius 2 is 1.65 bits per heavy atom. The standard InChI is InChI=1S/C27H32N2O5/c1-18(2)25(28-24(30)16-19-6-4-3-5-7-19)27(32)29-12-10-20(11-13-29)26(31)21-8-9-22-23(17-21)34-15-14-33-22/h3-9,17-18,20,25H,10-16H2,1-2H3,(H,28,30). The molecular formula is C27H32N2O5. The van der Waals surface area contributed by atoms with Crippen molar-refractivity contribution in [2.45, 2.75) is 39.2 Å². The van der Waals surface area contributed by atoms with Crippen LogP contribution >= 0.6 is 0 Å². The van der Waals surface area contributed by atoms with Gasteiger partial charge in [0.25, 0.3) is 0 Å². The van der Waals surface area contributed by atoms with E-state index in [0.29, 0.717) is 56.2 Å². The molecule has 0 aromatic heterocycles. The fourth-order valence-electron chi connectivity index (χ4n) is 4.51. The molecule has 2 heterocycles. The fraction of sp³-hybridized carbons (Fsp3) is 0.444. The molecule has 1 fully saturated rings. The Bertz CT molecular complexity index is 1030. The van der Waals surface area contributed by atoms with E-state index in [1.54, 1.807) is 23.1 Å². The first-order valence-corrected chi connectivity index (χ1v) is 12.0. The molecule has 7 nitrogen and oxygen atoms in total. The Morgan fingerprint density at radius 1 is 0.971 bits per heavy atom. The Kier molecular flexibility index (Phi) is 7.50. The van der Waals surface area contributed by atoms with Crippen LogP contribution in [-0.2, 0) is 16.0 Å². The van der Waals surface area contributed by atoms with E-state index in [-0.39, 0.29) is 35.9 Å². The van der Waals surface area contributed by atoms with Gasteiger partial charge in [0.1, 0.15) is 19.3 Å². The number of hydrogen-bond acceptors (Lipinski definition) is 5. The van der Waals surface area contributed by atoms with Crippen molar-refractivity contribution in [3.05, 3.63) is 59.7 Å². The number of Topliss-reactive ketones (excluding diaryl/α,β-unsaturated/α-hetero) is 1. The van der Waals surface area contributed by atoms with Gasteiger partial charge in [0, 0.05) is 24.6 Å². The summed E-state index contributed by atoms with van der Waals surface area (Å²) >= 11 is 0. The summed E-state index contributed by atoms with van der Waals surface area (Å²) in [5.41, 5.74) is 1.52. The molecule has 0 radical (unpaired) electrons. The number of amides is 2. The Labute approximate surface area is 200 Å². The lowest BCUT2D eigenvalue weighted by Gasteiger charge is -2.35. The molecule has 1 N–H and O–H groups in total. The summed E-state index contributed by atoms with van der Waals surface area (Å²) in [5.74, 6) is 0.915. The lowest BCUT2D eigenvalue weighted by molar-refractivity contribution is -0.138. The molecule has 1 atom stereocenters. The third-order valence-electron chi connectivity index (χ3n) is 6.46. The predicted molar refractivity (Wildman–Crippen MR) is 128 cm³/mol. The van der Waals surface area contributed by atoms with Crippen LogP contribution in [0.2, 0.25) is 0 Å². The SMILES string of the molecule is CC(C)C(NC(=O)Cc1ccccc1)C(=O)N1CCC(C(=O)c2ccc3c(c2)OCCO3)CC1. The Hall–Kier alpha value is -3.35. The van der Waals surface area contributed by atoms with Gasteiger partial charge in [-0.3, -0.25) is 14.4 Å². The van der Waals surface area contributed by atoms with E-state index in [1.807, 2.05) is 44.2 Å². The minimum atomic E-state index is -0.582. The van der Waals surface area contributed by atoms with Crippen LogP contribution in [0.25, 0.3) is 0 Å². The summed E-state index contributed by atoms with van der Waals surface area (Å²) in [6, 6.07) is 14.2. The van der Waals surface area contributed by atoms with E-state index in [1.165, 1.54) is 0 Å². The predicted octanol–water partition coefficient (Wildman–Crippen LogP) is 3.26. The Balaban J connectivity index is 1.33. The van der Waals surface area contributed by atoms with Crippen molar-refractivity contribution in [2.75, 3.05) is 26.3 Å². The molecule has 2 aromatic rings. The van der Waals surface area contributed by atoms with Crippen molar-refractivity contribution >= 4 is 17.6 Å². The van der Waals surface area contributed by atoms with Crippen LogP contribution in [0.3, 0.4) is 0 Å². The zero-order valence-electron chi connectivity index (χ0n) is 19.8. The van der Waals surface area contributed by atoms with E-state index in [0.717, 1.165) is 5.56 Å². The first-order chi connectivity index (χ1) is 16.4. The summed E-state index contributed by atoms with van der Waals surface area (Å²) in [7, 11) is 0. The number of likely N-dealkylation sites (tertiary alicyclic amines) is 1. The van der Waals surface area contributed by atoms with Crippen molar-refractivity contribution in [2.24, 2.45) is 11.8 Å². The minimum Gasteiger partial charge on any atom is -0.486 e. The molecule has 34 heavy (non-hydrogen) atoms. The maximum atomic E-state index is 13.2. The van der Waals surface area contributed by atoms with E-state index >= 15 is 0 Å². The molecule has 2 aliphatic heterocycles. The number of benzene rings is 2. The van der Waals surface area contributed by atoms with Crippen LogP contribution in [0.5, 0.6) is 11.5 Å². The molecule has 0 aliphatic carbocycles. The molecule has 1 unspecified atom stereocenters. The molecule has 180 valence electrons. The van der Waals surface area contributed by atoms with E-state index in [9.17, 15) is 14.4 Å². The van der Waals surface area contributed by atoms with Crippen LogP contribution in [0, 0.1) is 11.8 Å². The molecule has 1 saturated heterocycles. The van der Waals surface area contributed by atoms with Gasteiger partial charge in [-0.2, -0.15) is 0 Å². The summed E-state index contributed by atoms with van der Waals surface area (Å²) < 4.78 is 11.1. The molecule has 2 amide bonds. The summed E-state index contributed by atoms with van der Waals surface area (Å²) in [4.78, 5) is 40.6. The van der Waals surface area contributed by atoms with Crippen LogP contribution < -0.4 is 14.8 Å². The highest BCUT2D eigenvalue weighted by Gasteiger charge is 2.33.